The summed E-state index contributed by atoms with van der Waals surface area (Å²) in [5.41, 5.74) is 0.0314. The summed E-state index contributed by atoms with van der Waals surface area (Å²) in [6, 6.07) is 14.7. The highest BCUT2D eigenvalue weighted by atomic mass is 32.2. The quantitative estimate of drug-likeness (QED) is 0.783. The molecule has 3 nitrogen and oxygen atoms in total. The Kier molecular flexibility index (Phi) is 6.02. The van der Waals surface area contributed by atoms with Gasteiger partial charge in [0.15, 0.2) is 0 Å². The summed E-state index contributed by atoms with van der Waals surface area (Å²) in [6.45, 7) is 7.47. The second-order valence-electron chi connectivity index (χ2n) is 7.43. The van der Waals surface area contributed by atoms with Crippen molar-refractivity contribution in [2.45, 2.75) is 43.5 Å². The SMILES string of the molecule is CC(C)(CNC(=O)CSc1ccc2ccccc2c1)N1CCCCC1. The molecule has 1 aliphatic rings. The first-order valence-corrected chi connectivity index (χ1v) is 10.2. The molecule has 1 N–H and O–H groups in total. The molecule has 2 aromatic carbocycles. The Morgan fingerprint density at radius 1 is 1.08 bits per heavy atom. The maximum atomic E-state index is 12.3. The van der Waals surface area contributed by atoms with E-state index < -0.39 is 0 Å². The average Bonchev–Trinajstić information content (AvgIpc) is 2.65. The Morgan fingerprint density at radius 3 is 2.56 bits per heavy atom. The van der Waals surface area contributed by atoms with Crippen molar-refractivity contribution in [1.82, 2.24) is 10.2 Å². The molecule has 0 aromatic heterocycles. The van der Waals surface area contributed by atoms with Crippen LogP contribution in [0.1, 0.15) is 33.1 Å². The third-order valence-corrected chi connectivity index (χ3v) is 6.01. The van der Waals surface area contributed by atoms with E-state index in [1.807, 2.05) is 12.1 Å². The van der Waals surface area contributed by atoms with Gasteiger partial charge in [0, 0.05) is 17.0 Å². The molecule has 1 heterocycles. The van der Waals surface area contributed by atoms with Gasteiger partial charge in [0.25, 0.3) is 0 Å². The summed E-state index contributed by atoms with van der Waals surface area (Å²) in [5, 5.41) is 5.58. The van der Waals surface area contributed by atoms with E-state index in [1.54, 1.807) is 11.8 Å². The minimum Gasteiger partial charge on any atom is -0.354 e. The zero-order valence-corrected chi connectivity index (χ0v) is 16.1. The number of likely N-dealkylation sites (tertiary alicyclic amines) is 1. The van der Waals surface area contributed by atoms with Crippen molar-refractivity contribution < 1.29 is 4.79 Å². The number of hydrogen-bond donors (Lipinski definition) is 1. The third-order valence-electron chi connectivity index (χ3n) is 5.02. The van der Waals surface area contributed by atoms with Crippen molar-refractivity contribution in [1.29, 1.82) is 0 Å². The summed E-state index contributed by atoms with van der Waals surface area (Å²) in [7, 11) is 0. The fourth-order valence-corrected chi connectivity index (χ4v) is 4.16. The van der Waals surface area contributed by atoms with Crippen LogP contribution < -0.4 is 5.32 Å². The highest BCUT2D eigenvalue weighted by Gasteiger charge is 2.28. The monoisotopic (exact) mass is 356 g/mol. The normalized spacial score (nSPS) is 16.1. The molecular weight excluding hydrogens is 328 g/mol. The van der Waals surface area contributed by atoms with Gasteiger partial charge in [0.05, 0.1) is 5.75 Å². The number of hydrogen-bond acceptors (Lipinski definition) is 3. The second kappa shape index (κ2) is 8.24. The first-order valence-electron chi connectivity index (χ1n) is 9.18. The van der Waals surface area contributed by atoms with Crippen molar-refractivity contribution in [3.05, 3.63) is 42.5 Å². The molecule has 0 bridgehead atoms. The molecule has 134 valence electrons. The van der Waals surface area contributed by atoms with Crippen molar-refractivity contribution in [3.63, 3.8) is 0 Å². The van der Waals surface area contributed by atoms with Crippen LogP contribution in [0.5, 0.6) is 0 Å². The van der Waals surface area contributed by atoms with E-state index in [4.69, 9.17) is 0 Å². The minimum absolute atomic E-state index is 0.0314. The lowest BCUT2D eigenvalue weighted by Crippen LogP contribution is -2.53. The van der Waals surface area contributed by atoms with Crippen LogP contribution in [0.4, 0.5) is 0 Å². The summed E-state index contributed by atoms with van der Waals surface area (Å²) in [4.78, 5) is 15.9. The van der Waals surface area contributed by atoms with Gasteiger partial charge in [0.2, 0.25) is 5.91 Å². The van der Waals surface area contributed by atoms with Gasteiger partial charge in [-0.1, -0.05) is 36.8 Å². The van der Waals surface area contributed by atoms with Gasteiger partial charge in [-0.2, -0.15) is 0 Å². The molecule has 0 atom stereocenters. The number of fused-ring (bicyclic) bond motifs is 1. The number of amides is 1. The van der Waals surface area contributed by atoms with Gasteiger partial charge >= 0.3 is 0 Å². The van der Waals surface area contributed by atoms with E-state index in [2.05, 4.69) is 54.4 Å². The van der Waals surface area contributed by atoms with Crippen molar-refractivity contribution in [2.24, 2.45) is 0 Å². The third kappa shape index (κ3) is 4.99. The van der Waals surface area contributed by atoms with Gasteiger partial charge < -0.3 is 5.32 Å². The van der Waals surface area contributed by atoms with Crippen LogP contribution in [0.3, 0.4) is 0 Å². The number of nitrogens with zero attached hydrogens (tertiary/aromatic N) is 1. The molecule has 4 heteroatoms. The fraction of sp³-hybridized carbons (Fsp3) is 0.476. The number of carbonyl (C=O) groups excluding carboxylic acids is 1. The smallest absolute Gasteiger partial charge is 0.230 e. The van der Waals surface area contributed by atoms with Crippen molar-refractivity contribution >= 4 is 28.4 Å². The van der Waals surface area contributed by atoms with Gasteiger partial charge in [0.1, 0.15) is 0 Å². The zero-order valence-electron chi connectivity index (χ0n) is 15.3. The molecule has 25 heavy (non-hydrogen) atoms. The number of nitrogens with one attached hydrogen (secondary N) is 1. The van der Waals surface area contributed by atoms with E-state index in [9.17, 15) is 4.79 Å². The summed E-state index contributed by atoms with van der Waals surface area (Å²) in [6.07, 6.45) is 3.88. The van der Waals surface area contributed by atoms with Gasteiger partial charge in [-0.25, -0.2) is 0 Å². The van der Waals surface area contributed by atoms with Crippen LogP contribution in [0.2, 0.25) is 0 Å². The maximum absolute atomic E-state index is 12.3. The lowest BCUT2D eigenvalue weighted by Gasteiger charge is -2.41. The van der Waals surface area contributed by atoms with Crippen LogP contribution in [-0.2, 0) is 4.79 Å². The van der Waals surface area contributed by atoms with Crippen LogP contribution in [0.15, 0.2) is 47.4 Å². The van der Waals surface area contributed by atoms with Crippen LogP contribution in [-0.4, -0.2) is 41.7 Å². The van der Waals surface area contributed by atoms with Gasteiger partial charge in [-0.15, -0.1) is 11.8 Å². The van der Waals surface area contributed by atoms with Crippen molar-refractivity contribution in [3.8, 4) is 0 Å². The molecule has 1 saturated heterocycles. The minimum atomic E-state index is 0.0314. The molecule has 3 rings (SSSR count). The lowest BCUT2D eigenvalue weighted by atomic mass is 9.98. The molecule has 1 aliphatic heterocycles. The lowest BCUT2D eigenvalue weighted by molar-refractivity contribution is -0.119. The Bertz CT molecular complexity index is 723. The van der Waals surface area contributed by atoms with Crippen LogP contribution in [0, 0.1) is 0 Å². The first kappa shape index (κ1) is 18.3. The molecule has 0 saturated carbocycles. The van der Waals surface area contributed by atoms with Gasteiger partial charge in [-0.3, -0.25) is 9.69 Å². The maximum Gasteiger partial charge on any atom is 0.230 e. The Labute approximate surface area is 155 Å². The van der Waals surface area contributed by atoms with E-state index in [0.29, 0.717) is 12.3 Å². The highest BCUT2D eigenvalue weighted by Crippen LogP contribution is 2.24. The second-order valence-corrected chi connectivity index (χ2v) is 8.48. The fourth-order valence-electron chi connectivity index (χ4n) is 3.38. The van der Waals surface area contributed by atoms with E-state index >= 15 is 0 Å². The predicted molar refractivity (Wildman–Crippen MR) is 107 cm³/mol. The number of benzene rings is 2. The van der Waals surface area contributed by atoms with E-state index in [1.165, 1.54) is 30.0 Å². The predicted octanol–water partition coefficient (Wildman–Crippen LogP) is 4.31. The molecule has 0 spiro atoms. The molecule has 0 radical (unpaired) electrons. The molecule has 0 unspecified atom stereocenters. The zero-order chi connectivity index (χ0) is 17.7. The Balaban J connectivity index is 1.48. The Hall–Kier alpha value is -1.52. The first-order chi connectivity index (χ1) is 12.0. The van der Waals surface area contributed by atoms with Crippen LogP contribution >= 0.6 is 11.8 Å². The molecule has 1 fully saturated rings. The number of thioether (sulfide) groups is 1. The molecule has 2 aromatic rings. The van der Waals surface area contributed by atoms with Crippen molar-refractivity contribution in [2.75, 3.05) is 25.4 Å². The molecular formula is C21H28N2OS. The average molecular weight is 357 g/mol. The topological polar surface area (TPSA) is 32.3 Å². The molecule has 0 aliphatic carbocycles. The summed E-state index contributed by atoms with van der Waals surface area (Å²) in [5.74, 6) is 0.581. The number of piperidine rings is 1. The molecule has 1 amide bonds. The number of carbonyl (C=O) groups is 1. The summed E-state index contributed by atoms with van der Waals surface area (Å²) < 4.78 is 0. The highest BCUT2D eigenvalue weighted by molar-refractivity contribution is 8.00. The van der Waals surface area contributed by atoms with Gasteiger partial charge in [-0.05, 0) is 62.7 Å². The number of rotatable bonds is 6. The van der Waals surface area contributed by atoms with E-state index in [0.717, 1.165) is 18.0 Å². The summed E-state index contributed by atoms with van der Waals surface area (Å²) >= 11 is 1.60. The Morgan fingerprint density at radius 2 is 1.80 bits per heavy atom. The van der Waals surface area contributed by atoms with E-state index in [-0.39, 0.29) is 11.4 Å². The standard InChI is InChI=1S/C21H28N2OS/c1-21(2,23-12-6-3-7-13-23)16-22-20(24)15-25-19-11-10-17-8-4-5-9-18(17)14-19/h4-5,8-11,14H,3,6-7,12-13,15-16H2,1-2H3,(H,22,24). The largest absolute Gasteiger partial charge is 0.354 e. The van der Waals surface area contributed by atoms with Crippen LogP contribution in [0.25, 0.3) is 10.8 Å².